The van der Waals surface area contributed by atoms with Gasteiger partial charge >= 0.3 is 18.1 Å². The third-order valence-electron chi connectivity index (χ3n) is 5.11. The summed E-state index contributed by atoms with van der Waals surface area (Å²) >= 11 is 10.5. The number of esters is 2. The van der Waals surface area contributed by atoms with Crippen molar-refractivity contribution in [3.05, 3.63) is 62.7 Å². The molecule has 0 fully saturated rings. The summed E-state index contributed by atoms with van der Waals surface area (Å²) in [6, 6.07) is 6.65. The molecule has 0 spiro atoms. The highest BCUT2D eigenvalue weighted by molar-refractivity contribution is 7.80. The lowest BCUT2D eigenvalue weighted by molar-refractivity contribution is -0.388. The normalized spacial score (nSPS) is 13.0. The van der Waals surface area contributed by atoms with Crippen molar-refractivity contribution in [2.24, 2.45) is 0 Å². The quantitative estimate of drug-likeness (QED) is 0.0678. The summed E-state index contributed by atoms with van der Waals surface area (Å²) in [6.07, 6.45) is -6.77. The molecule has 41 heavy (non-hydrogen) atoms. The molecule has 219 valence electrons. The maximum atomic E-state index is 13.4. The number of alkyl halides is 4. The highest BCUT2D eigenvalue weighted by Crippen LogP contribution is 2.39. The monoisotopic (exact) mass is 618 g/mol. The van der Waals surface area contributed by atoms with E-state index in [2.05, 4.69) is 0 Å². The van der Waals surface area contributed by atoms with Crippen LogP contribution in [-0.2, 0) is 25.7 Å². The zero-order valence-electron chi connectivity index (χ0n) is 21.6. The van der Waals surface area contributed by atoms with Crippen molar-refractivity contribution in [3.63, 3.8) is 0 Å². The highest BCUT2D eigenvalue weighted by atomic mass is 35.5. The fraction of sp³-hybridized carbons (Fsp3) is 0.320. The number of nitro benzene ring substituents is 1. The first-order valence-corrected chi connectivity index (χ1v) is 11.9. The van der Waals surface area contributed by atoms with Crippen molar-refractivity contribution in [1.29, 1.82) is 0 Å². The molecular formula is C25H20ClF3NO10S. The van der Waals surface area contributed by atoms with Crippen molar-refractivity contribution in [1.82, 2.24) is 0 Å². The van der Waals surface area contributed by atoms with Crippen LogP contribution in [0.15, 0.2) is 35.2 Å². The Morgan fingerprint density at radius 3 is 2.05 bits per heavy atom. The number of ether oxygens (including phenoxy) is 3. The van der Waals surface area contributed by atoms with E-state index in [-0.39, 0.29) is 0 Å². The zero-order chi connectivity index (χ0) is 31.5. The van der Waals surface area contributed by atoms with Crippen molar-refractivity contribution in [2.75, 3.05) is 7.11 Å². The summed E-state index contributed by atoms with van der Waals surface area (Å²) in [5.74, 6) is -8.01. The molecule has 0 heterocycles. The van der Waals surface area contributed by atoms with Gasteiger partial charge in [-0.2, -0.15) is 13.2 Å². The van der Waals surface area contributed by atoms with Crippen LogP contribution in [-0.4, -0.2) is 58.5 Å². The van der Waals surface area contributed by atoms with Gasteiger partial charge in [0, 0.05) is 0 Å². The molecule has 0 aliphatic carbocycles. The molecule has 0 N–H and O–H groups in total. The highest BCUT2D eigenvalue weighted by Gasteiger charge is 2.59. The number of benzene rings is 2. The molecule has 0 saturated carbocycles. The number of nitro groups is 1. The standard InChI is InChI=1S/C25H20ClF3NO10S/c1-23(2,3)40-21(34)16-14(20(33)39-10-12-5-7-13(38-4)8-6-12)9-15(41)18(30(36)37)17(16)19(32)24(26,11-31)22(35)25(27,28)29/h5-9,11H,10H2,1-4H3. The second-order valence-corrected chi connectivity index (χ2v) is 10.2. The Morgan fingerprint density at radius 2 is 1.61 bits per heavy atom. The van der Waals surface area contributed by atoms with Crippen LogP contribution in [0.4, 0.5) is 18.9 Å². The largest absolute Gasteiger partial charge is 0.497 e. The number of carbonyl (C=O) groups excluding carboxylic acids is 5. The Kier molecular flexibility index (Phi) is 9.83. The van der Waals surface area contributed by atoms with E-state index in [1.54, 1.807) is 0 Å². The molecule has 16 heteroatoms. The van der Waals surface area contributed by atoms with Gasteiger partial charge in [-0.3, -0.25) is 19.7 Å². The second-order valence-electron chi connectivity index (χ2n) is 9.19. The fourth-order valence-electron chi connectivity index (χ4n) is 3.30. The molecule has 2 aromatic carbocycles. The Hall–Kier alpha value is -4.11. The number of hydrogen-bond acceptors (Lipinski definition) is 10. The van der Waals surface area contributed by atoms with Crippen LogP contribution in [0.25, 0.3) is 0 Å². The number of Topliss-reactive ketones (excluding diaryl/α,β-unsaturated/α-hetero) is 2. The summed E-state index contributed by atoms with van der Waals surface area (Å²) in [5.41, 5.74) is -6.30. The number of hydrogen-bond donors (Lipinski definition) is 0. The SMILES string of the molecule is COc1ccc(COC(=O)c2cc([S])c([N+](=O)[O-])c(C(=O)C(Cl)(C=O)C(=O)C(F)(F)F)c2C(=O)OC(C)(C)C)cc1. The van der Waals surface area contributed by atoms with Crippen LogP contribution in [0.5, 0.6) is 5.75 Å². The van der Waals surface area contributed by atoms with Crippen LogP contribution < -0.4 is 4.74 Å². The molecule has 1 atom stereocenters. The third kappa shape index (κ3) is 7.35. The minimum Gasteiger partial charge on any atom is -0.497 e. The van der Waals surface area contributed by atoms with E-state index in [4.69, 9.17) is 38.4 Å². The van der Waals surface area contributed by atoms with E-state index >= 15 is 0 Å². The number of ketones is 2. The van der Waals surface area contributed by atoms with E-state index in [1.807, 2.05) is 0 Å². The Morgan fingerprint density at radius 1 is 1.05 bits per heavy atom. The van der Waals surface area contributed by atoms with E-state index < -0.39 is 85.2 Å². The molecular weight excluding hydrogens is 599 g/mol. The van der Waals surface area contributed by atoms with Gasteiger partial charge in [0.1, 0.15) is 28.4 Å². The first-order valence-electron chi connectivity index (χ1n) is 11.2. The van der Waals surface area contributed by atoms with Gasteiger partial charge in [-0.1, -0.05) is 36.4 Å². The minimum absolute atomic E-state index is 0.395. The minimum atomic E-state index is -5.87. The molecule has 1 unspecified atom stereocenters. The summed E-state index contributed by atoms with van der Waals surface area (Å²) in [6.45, 7) is 3.53. The second kappa shape index (κ2) is 12.2. The molecule has 11 nitrogen and oxygen atoms in total. The molecule has 0 bridgehead atoms. The Bertz CT molecular complexity index is 1420. The number of carbonyl (C=O) groups is 5. The summed E-state index contributed by atoms with van der Waals surface area (Å²) in [4.78, 5) is 68.9. The number of rotatable bonds is 10. The Labute approximate surface area is 240 Å². The van der Waals surface area contributed by atoms with Crippen LogP contribution >= 0.6 is 24.2 Å². The van der Waals surface area contributed by atoms with Crippen molar-refractivity contribution in [2.45, 2.75) is 48.9 Å². The Balaban J connectivity index is 2.86. The molecule has 0 aliphatic heterocycles. The molecule has 0 amide bonds. The predicted octanol–water partition coefficient (Wildman–Crippen LogP) is 4.96. The number of methoxy groups -OCH3 is 1. The first kappa shape index (κ1) is 33.1. The van der Waals surface area contributed by atoms with Crippen molar-refractivity contribution >= 4 is 59.7 Å². The number of halogens is 4. The van der Waals surface area contributed by atoms with Gasteiger partial charge in [0.2, 0.25) is 10.7 Å². The number of aldehydes is 1. The van der Waals surface area contributed by atoms with E-state index in [0.29, 0.717) is 17.4 Å². The van der Waals surface area contributed by atoms with Crippen LogP contribution in [0.2, 0.25) is 0 Å². The lowest BCUT2D eigenvalue weighted by Gasteiger charge is -2.24. The summed E-state index contributed by atoms with van der Waals surface area (Å²) in [5, 5.41) is 11.9. The summed E-state index contributed by atoms with van der Waals surface area (Å²) in [7, 11) is 1.41. The van der Waals surface area contributed by atoms with Gasteiger partial charge in [-0.05, 0) is 44.5 Å². The average molecular weight is 619 g/mol. The molecule has 0 aliphatic rings. The lowest BCUT2D eigenvalue weighted by Crippen LogP contribution is -2.50. The van der Waals surface area contributed by atoms with E-state index in [9.17, 15) is 47.3 Å². The maximum Gasteiger partial charge on any atom is 0.452 e. The van der Waals surface area contributed by atoms with Gasteiger partial charge in [-0.25, -0.2) is 9.59 Å². The molecule has 2 aromatic rings. The zero-order valence-corrected chi connectivity index (χ0v) is 23.2. The van der Waals surface area contributed by atoms with Gasteiger partial charge < -0.3 is 19.0 Å². The van der Waals surface area contributed by atoms with Gasteiger partial charge in [0.25, 0.3) is 11.5 Å². The molecule has 0 aromatic heterocycles. The fourth-order valence-corrected chi connectivity index (χ4v) is 3.80. The van der Waals surface area contributed by atoms with Gasteiger partial charge in [-0.15, -0.1) is 0 Å². The molecule has 2 rings (SSSR count). The first-order chi connectivity index (χ1) is 18.8. The van der Waals surface area contributed by atoms with Crippen molar-refractivity contribution in [3.8, 4) is 5.75 Å². The van der Waals surface area contributed by atoms with Crippen LogP contribution in [0.3, 0.4) is 0 Å². The van der Waals surface area contributed by atoms with Crippen LogP contribution in [0, 0.1) is 10.1 Å². The smallest absolute Gasteiger partial charge is 0.452 e. The van der Waals surface area contributed by atoms with Gasteiger partial charge in [0.15, 0.2) is 6.29 Å². The average Bonchev–Trinajstić information content (AvgIpc) is 2.88. The van der Waals surface area contributed by atoms with Crippen molar-refractivity contribution < 1.29 is 56.3 Å². The predicted molar refractivity (Wildman–Crippen MR) is 136 cm³/mol. The summed E-state index contributed by atoms with van der Waals surface area (Å²) < 4.78 is 55.1. The van der Waals surface area contributed by atoms with Crippen LogP contribution in [0.1, 0.15) is 57.4 Å². The molecule has 0 saturated heterocycles. The van der Waals surface area contributed by atoms with Gasteiger partial charge in [0.05, 0.1) is 23.2 Å². The number of nitrogens with zero attached hydrogens (tertiary/aromatic N) is 1. The lowest BCUT2D eigenvalue weighted by atomic mass is 9.87. The topological polar surface area (TPSA) is 156 Å². The van der Waals surface area contributed by atoms with E-state index in [0.717, 1.165) is 0 Å². The molecule has 1 radical (unpaired) electrons. The third-order valence-corrected chi connectivity index (χ3v) is 5.85. The maximum absolute atomic E-state index is 13.4. The van der Waals surface area contributed by atoms with E-state index in [1.165, 1.54) is 52.1 Å².